The molecule has 0 bridgehead atoms. The zero-order valence-corrected chi connectivity index (χ0v) is 15.4. The van der Waals surface area contributed by atoms with Gasteiger partial charge in [-0.2, -0.15) is 0 Å². The van der Waals surface area contributed by atoms with Gasteiger partial charge in [0.05, 0.1) is 20.6 Å². The van der Waals surface area contributed by atoms with Crippen LogP contribution < -0.4 is 14.8 Å². The Morgan fingerprint density at radius 2 is 1.50 bits per heavy atom. The molecule has 3 aromatic rings. The number of carbonyl (C=O) groups is 1. The van der Waals surface area contributed by atoms with Crippen LogP contribution in [0.15, 0.2) is 48.5 Å². The van der Waals surface area contributed by atoms with Crippen LogP contribution in [0, 0.1) is 0 Å². The highest BCUT2D eigenvalue weighted by Crippen LogP contribution is 2.20. The van der Waals surface area contributed by atoms with Gasteiger partial charge in [0, 0.05) is 6.42 Å². The smallest absolute Gasteiger partial charge is 0.230 e. The maximum absolute atomic E-state index is 12.2. The second-order valence-corrected chi connectivity index (χ2v) is 6.66. The van der Waals surface area contributed by atoms with E-state index in [0.717, 1.165) is 27.6 Å². The first-order chi connectivity index (χ1) is 12.7. The number of nitrogens with zero attached hydrogens (tertiary/aromatic N) is 2. The topological polar surface area (TPSA) is 73.3 Å². The van der Waals surface area contributed by atoms with Gasteiger partial charge in [0.1, 0.15) is 16.5 Å². The molecule has 0 aliphatic heterocycles. The van der Waals surface area contributed by atoms with Gasteiger partial charge in [0.25, 0.3) is 0 Å². The van der Waals surface area contributed by atoms with E-state index in [1.54, 1.807) is 14.2 Å². The fraction of sp³-hybridized carbons (Fsp3) is 0.211. The van der Waals surface area contributed by atoms with Crippen LogP contribution in [0.3, 0.4) is 0 Å². The fourth-order valence-corrected chi connectivity index (χ4v) is 3.18. The lowest BCUT2D eigenvalue weighted by Crippen LogP contribution is -2.14. The fourth-order valence-electron chi connectivity index (χ4n) is 2.39. The molecule has 0 aliphatic rings. The molecule has 6 nitrogen and oxygen atoms in total. The molecule has 0 spiro atoms. The second-order valence-electron chi connectivity index (χ2n) is 5.60. The molecule has 7 heteroatoms. The van der Waals surface area contributed by atoms with E-state index in [2.05, 4.69) is 15.5 Å². The van der Waals surface area contributed by atoms with E-state index >= 15 is 0 Å². The number of rotatable bonds is 7. The normalized spacial score (nSPS) is 10.4. The van der Waals surface area contributed by atoms with Gasteiger partial charge in [-0.3, -0.25) is 4.79 Å². The number of aromatic nitrogens is 2. The SMILES string of the molecule is COc1ccc(CC(=O)Nc2nnc(Cc3ccc(OC)cc3)s2)cc1. The van der Waals surface area contributed by atoms with Crippen LogP contribution in [-0.2, 0) is 17.6 Å². The van der Waals surface area contributed by atoms with Crippen molar-refractivity contribution in [2.45, 2.75) is 12.8 Å². The first-order valence-corrected chi connectivity index (χ1v) is 8.86. The number of anilines is 1. The van der Waals surface area contributed by atoms with Crippen molar-refractivity contribution < 1.29 is 14.3 Å². The Bertz CT molecular complexity index is 860. The number of hydrogen-bond acceptors (Lipinski definition) is 6. The Hall–Kier alpha value is -2.93. The summed E-state index contributed by atoms with van der Waals surface area (Å²) in [4.78, 5) is 12.2. The molecule has 0 saturated carbocycles. The average Bonchev–Trinajstić information content (AvgIpc) is 3.09. The number of methoxy groups -OCH3 is 2. The van der Waals surface area contributed by atoms with E-state index in [9.17, 15) is 4.79 Å². The summed E-state index contributed by atoms with van der Waals surface area (Å²) in [6, 6.07) is 15.2. The van der Waals surface area contributed by atoms with E-state index in [4.69, 9.17) is 9.47 Å². The van der Waals surface area contributed by atoms with Crippen molar-refractivity contribution >= 4 is 22.4 Å². The van der Waals surface area contributed by atoms with Gasteiger partial charge in [0.15, 0.2) is 0 Å². The summed E-state index contributed by atoms with van der Waals surface area (Å²) in [7, 11) is 3.25. The van der Waals surface area contributed by atoms with Crippen LogP contribution >= 0.6 is 11.3 Å². The molecular formula is C19H19N3O3S. The highest BCUT2D eigenvalue weighted by Gasteiger charge is 2.10. The lowest BCUT2D eigenvalue weighted by molar-refractivity contribution is -0.115. The van der Waals surface area contributed by atoms with Crippen molar-refractivity contribution in [1.29, 1.82) is 0 Å². The number of carbonyl (C=O) groups excluding carboxylic acids is 1. The Balaban J connectivity index is 1.55. The first-order valence-electron chi connectivity index (χ1n) is 8.04. The largest absolute Gasteiger partial charge is 0.497 e. The van der Waals surface area contributed by atoms with E-state index < -0.39 is 0 Å². The van der Waals surface area contributed by atoms with Crippen LogP contribution in [0.4, 0.5) is 5.13 Å². The lowest BCUT2D eigenvalue weighted by atomic mass is 10.1. The molecule has 3 rings (SSSR count). The molecule has 26 heavy (non-hydrogen) atoms. The number of hydrogen-bond donors (Lipinski definition) is 1. The van der Waals surface area contributed by atoms with Gasteiger partial charge in [-0.1, -0.05) is 35.6 Å². The molecule has 0 unspecified atom stereocenters. The van der Waals surface area contributed by atoms with Gasteiger partial charge >= 0.3 is 0 Å². The van der Waals surface area contributed by atoms with Crippen molar-refractivity contribution in [1.82, 2.24) is 10.2 Å². The summed E-state index contributed by atoms with van der Waals surface area (Å²) in [6.45, 7) is 0. The first kappa shape index (κ1) is 17.9. The van der Waals surface area contributed by atoms with E-state index in [1.165, 1.54) is 11.3 Å². The molecule has 2 aromatic carbocycles. The predicted molar refractivity (Wildman–Crippen MR) is 101 cm³/mol. The summed E-state index contributed by atoms with van der Waals surface area (Å²) in [5, 5.41) is 12.3. The van der Waals surface area contributed by atoms with Gasteiger partial charge in [-0.15, -0.1) is 10.2 Å². The number of amides is 1. The summed E-state index contributed by atoms with van der Waals surface area (Å²) in [6.07, 6.45) is 0.938. The Labute approximate surface area is 155 Å². The van der Waals surface area contributed by atoms with E-state index in [-0.39, 0.29) is 12.3 Å². The van der Waals surface area contributed by atoms with Crippen LogP contribution in [0.2, 0.25) is 0 Å². The van der Waals surface area contributed by atoms with Gasteiger partial charge in [-0.25, -0.2) is 0 Å². The zero-order chi connectivity index (χ0) is 18.4. The van der Waals surface area contributed by atoms with Crippen LogP contribution in [-0.4, -0.2) is 30.3 Å². The number of benzene rings is 2. The zero-order valence-electron chi connectivity index (χ0n) is 14.6. The maximum Gasteiger partial charge on any atom is 0.230 e. The minimum Gasteiger partial charge on any atom is -0.497 e. The standard InChI is InChI=1S/C19H19N3O3S/c1-24-15-7-3-13(4-8-15)11-17(23)20-19-22-21-18(26-19)12-14-5-9-16(25-2)10-6-14/h3-10H,11-12H2,1-2H3,(H,20,22,23). The maximum atomic E-state index is 12.2. The lowest BCUT2D eigenvalue weighted by Gasteiger charge is -2.03. The van der Waals surface area contributed by atoms with Crippen molar-refractivity contribution in [3.63, 3.8) is 0 Å². The molecule has 1 amide bonds. The molecule has 0 radical (unpaired) electrons. The minimum absolute atomic E-state index is 0.123. The highest BCUT2D eigenvalue weighted by molar-refractivity contribution is 7.15. The third-order valence-electron chi connectivity index (χ3n) is 3.75. The molecule has 0 atom stereocenters. The van der Waals surface area contributed by atoms with E-state index in [0.29, 0.717) is 11.6 Å². The molecule has 1 aromatic heterocycles. The quantitative estimate of drug-likeness (QED) is 0.692. The highest BCUT2D eigenvalue weighted by atomic mass is 32.1. The predicted octanol–water partition coefficient (Wildman–Crippen LogP) is 3.33. The monoisotopic (exact) mass is 369 g/mol. The van der Waals surface area contributed by atoms with Crippen LogP contribution in [0.1, 0.15) is 16.1 Å². The van der Waals surface area contributed by atoms with Crippen molar-refractivity contribution in [2.75, 3.05) is 19.5 Å². The Morgan fingerprint density at radius 3 is 2.08 bits per heavy atom. The summed E-state index contributed by atoms with van der Waals surface area (Å²) < 4.78 is 10.3. The Morgan fingerprint density at radius 1 is 0.923 bits per heavy atom. The molecule has 0 aliphatic carbocycles. The third kappa shape index (κ3) is 4.80. The molecule has 0 fully saturated rings. The summed E-state index contributed by atoms with van der Waals surface area (Å²) >= 11 is 1.38. The molecule has 1 N–H and O–H groups in total. The van der Waals surface area contributed by atoms with Crippen LogP contribution in [0.25, 0.3) is 0 Å². The van der Waals surface area contributed by atoms with Crippen molar-refractivity contribution in [3.8, 4) is 11.5 Å². The molecule has 134 valence electrons. The summed E-state index contributed by atoms with van der Waals surface area (Å²) in [5.74, 6) is 1.46. The van der Waals surface area contributed by atoms with Gasteiger partial charge < -0.3 is 14.8 Å². The second kappa shape index (κ2) is 8.44. The van der Waals surface area contributed by atoms with Gasteiger partial charge in [-0.05, 0) is 35.4 Å². The summed E-state index contributed by atoms with van der Waals surface area (Å²) in [5.41, 5.74) is 2.02. The minimum atomic E-state index is -0.123. The van der Waals surface area contributed by atoms with Gasteiger partial charge in [0.2, 0.25) is 11.0 Å². The molecule has 1 heterocycles. The Kier molecular flexibility index (Phi) is 5.80. The van der Waals surface area contributed by atoms with Crippen LogP contribution in [0.5, 0.6) is 11.5 Å². The van der Waals surface area contributed by atoms with E-state index in [1.807, 2.05) is 48.5 Å². The van der Waals surface area contributed by atoms with Crippen molar-refractivity contribution in [2.24, 2.45) is 0 Å². The molecule has 0 saturated heterocycles. The molecular weight excluding hydrogens is 350 g/mol. The number of ether oxygens (including phenoxy) is 2. The van der Waals surface area contributed by atoms with Crippen molar-refractivity contribution in [3.05, 3.63) is 64.7 Å². The number of nitrogens with one attached hydrogen (secondary N) is 1. The average molecular weight is 369 g/mol. The third-order valence-corrected chi connectivity index (χ3v) is 4.59.